The van der Waals surface area contributed by atoms with Crippen molar-refractivity contribution in [3.63, 3.8) is 0 Å². The molecule has 0 atom stereocenters. The minimum Gasteiger partial charge on any atom is -0.481 e. The largest absolute Gasteiger partial charge is 0.481 e. The normalized spacial score (nSPS) is 17.8. The van der Waals surface area contributed by atoms with E-state index in [2.05, 4.69) is 31.2 Å². The molecule has 1 aliphatic carbocycles. The van der Waals surface area contributed by atoms with Crippen molar-refractivity contribution in [3.8, 4) is 0 Å². The van der Waals surface area contributed by atoms with Crippen LogP contribution in [0.3, 0.4) is 0 Å². The molecule has 0 aliphatic heterocycles. The van der Waals surface area contributed by atoms with E-state index < -0.39 is 5.97 Å². The van der Waals surface area contributed by atoms with Crippen LogP contribution in [-0.2, 0) is 11.2 Å². The number of aryl methyl sites for hydroxylation is 2. The molecule has 0 radical (unpaired) electrons. The summed E-state index contributed by atoms with van der Waals surface area (Å²) in [5.41, 5.74) is 2.67. The van der Waals surface area contributed by atoms with E-state index in [0.717, 1.165) is 25.7 Å². The molecular formula is C16H22O2. The van der Waals surface area contributed by atoms with E-state index in [4.69, 9.17) is 5.11 Å². The Morgan fingerprint density at radius 3 is 2.39 bits per heavy atom. The Morgan fingerprint density at radius 1 is 1.22 bits per heavy atom. The molecule has 2 nitrogen and oxygen atoms in total. The third-order valence-corrected chi connectivity index (χ3v) is 4.26. The van der Waals surface area contributed by atoms with Crippen LogP contribution in [-0.4, -0.2) is 11.1 Å². The van der Waals surface area contributed by atoms with Gasteiger partial charge in [-0.05, 0) is 43.6 Å². The average Bonchev–Trinajstić information content (AvgIpc) is 2.76. The summed E-state index contributed by atoms with van der Waals surface area (Å²) in [4.78, 5) is 11.0. The molecule has 1 aromatic rings. The van der Waals surface area contributed by atoms with Crippen LogP contribution in [0.5, 0.6) is 0 Å². The maximum atomic E-state index is 11.0. The van der Waals surface area contributed by atoms with Gasteiger partial charge in [0.2, 0.25) is 0 Å². The van der Waals surface area contributed by atoms with Gasteiger partial charge in [0.15, 0.2) is 0 Å². The standard InChI is InChI=1S/C16H22O2/c1-13-4-6-14(7-5-13)8-11-16(12-15(17)18)9-2-3-10-16/h4-7H,2-3,8-12H2,1H3,(H,17,18). The molecule has 1 aromatic carbocycles. The van der Waals surface area contributed by atoms with Gasteiger partial charge in [0.1, 0.15) is 0 Å². The summed E-state index contributed by atoms with van der Waals surface area (Å²) >= 11 is 0. The molecule has 0 unspecified atom stereocenters. The molecule has 0 bridgehead atoms. The first-order chi connectivity index (χ1) is 8.60. The van der Waals surface area contributed by atoms with Crippen LogP contribution in [0.4, 0.5) is 0 Å². The topological polar surface area (TPSA) is 37.3 Å². The smallest absolute Gasteiger partial charge is 0.303 e. The summed E-state index contributed by atoms with van der Waals surface area (Å²) < 4.78 is 0. The van der Waals surface area contributed by atoms with Gasteiger partial charge in [-0.15, -0.1) is 0 Å². The van der Waals surface area contributed by atoms with Gasteiger partial charge in [0.05, 0.1) is 6.42 Å². The monoisotopic (exact) mass is 246 g/mol. The maximum Gasteiger partial charge on any atom is 0.303 e. The molecule has 0 saturated heterocycles. The second kappa shape index (κ2) is 5.55. The zero-order chi connectivity index (χ0) is 13.0. The minimum atomic E-state index is -0.638. The molecule has 0 aromatic heterocycles. The van der Waals surface area contributed by atoms with Crippen LogP contribution in [0.15, 0.2) is 24.3 Å². The van der Waals surface area contributed by atoms with Crippen LogP contribution in [0.1, 0.15) is 49.7 Å². The number of rotatable bonds is 5. The predicted octanol–water partition coefficient (Wildman–Crippen LogP) is 3.96. The number of aliphatic carboxylic acids is 1. The lowest BCUT2D eigenvalue weighted by Gasteiger charge is -2.27. The second-order valence-electron chi connectivity index (χ2n) is 5.76. The summed E-state index contributed by atoms with van der Waals surface area (Å²) in [6.45, 7) is 2.09. The van der Waals surface area contributed by atoms with Crippen molar-refractivity contribution in [2.75, 3.05) is 0 Å². The fourth-order valence-corrected chi connectivity index (χ4v) is 3.13. The highest BCUT2D eigenvalue weighted by atomic mass is 16.4. The lowest BCUT2D eigenvalue weighted by molar-refractivity contribution is -0.139. The summed E-state index contributed by atoms with van der Waals surface area (Å²) in [7, 11) is 0. The van der Waals surface area contributed by atoms with Crippen LogP contribution in [0.25, 0.3) is 0 Å². The first-order valence-electron chi connectivity index (χ1n) is 6.87. The first-order valence-corrected chi connectivity index (χ1v) is 6.87. The van der Waals surface area contributed by atoms with Gasteiger partial charge in [0, 0.05) is 0 Å². The molecule has 98 valence electrons. The number of carboxylic acid groups (broad SMARTS) is 1. The molecule has 2 rings (SSSR count). The van der Waals surface area contributed by atoms with Gasteiger partial charge in [-0.1, -0.05) is 42.7 Å². The van der Waals surface area contributed by atoms with E-state index in [9.17, 15) is 4.79 Å². The summed E-state index contributed by atoms with van der Waals surface area (Å²) in [6.07, 6.45) is 6.94. The van der Waals surface area contributed by atoms with Crippen molar-refractivity contribution in [2.24, 2.45) is 5.41 Å². The number of carboxylic acids is 1. The van der Waals surface area contributed by atoms with Crippen molar-refractivity contribution in [1.82, 2.24) is 0 Å². The fraction of sp³-hybridized carbons (Fsp3) is 0.562. The van der Waals surface area contributed by atoms with E-state index in [0.29, 0.717) is 6.42 Å². The van der Waals surface area contributed by atoms with Crippen LogP contribution in [0.2, 0.25) is 0 Å². The SMILES string of the molecule is Cc1ccc(CCC2(CC(=O)O)CCCC2)cc1. The maximum absolute atomic E-state index is 11.0. The van der Waals surface area contributed by atoms with Crippen LogP contribution >= 0.6 is 0 Å². The van der Waals surface area contributed by atoms with Crippen molar-refractivity contribution in [3.05, 3.63) is 35.4 Å². The fourth-order valence-electron chi connectivity index (χ4n) is 3.13. The van der Waals surface area contributed by atoms with Gasteiger partial charge in [0.25, 0.3) is 0 Å². The third-order valence-electron chi connectivity index (χ3n) is 4.26. The van der Waals surface area contributed by atoms with Crippen LogP contribution < -0.4 is 0 Å². The summed E-state index contributed by atoms with van der Waals surface area (Å²) in [5.74, 6) is -0.638. The van der Waals surface area contributed by atoms with Gasteiger partial charge in [-0.3, -0.25) is 4.79 Å². The Kier molecular flexibility index (Phi) is 4.05. The van der Waals surface area contributed by atoms with Crippen LogP contribution in [0, 0.1) is 12.3 Å². The molecule has 1 saturated carbocycles. The molecular weight excluding hydrogens is 224 g/mol. The number of carbonyl (C=O) groups is 1. The van der Waals surface area contributed by atoms with E-state index in [1.807, 2.05) is 0 Å². The lowest BCUT2D eigenvalue weighted by Crippen LogP contribution is -2.21. The first kappa shape index (κ1) is 13.1. The molecule has 0 amide bonds. The zero-order valence-electron chi connectivity index (χ0n) is 11.1. The Bertz CT molecular complexity index is 400. The highest BCUT2D eigenvalue weighted by Gasteiger charge is 2.35. The van der Waals surface area contributed by atoms with E-state index in [1.165, 1.54) is 24.0 Å². The van der Waals surface area contributed by atoms with Crippen molar-refractivity contribution >= 4 is 5.97 Å². The van der Waals surface area contributed by atoms with Crippen molar-refractivity contribution < 1.29 is 9.90 Å². The number of benzene rings is 1. The van der Waals surface area contributed by atoms with Gasteiger partial charge >= 0.3 is 5.97 Å². The van der Waals surface area contributed by atoms with E-state index >= 15 is 0 Å². The number of hydrogen-bond donors (Lipinski definition) is 1. The van der Waals surface area contributed by atoms with E-state index in [1.54, 1.807) is 0 Å². The zero-order valence-corrected chi connectivity index (χ0v) is 11.1. The Labute approximate surface area is 109 Å². The van der Waals surface area contributed by atoms with Gasteiger partial charge in [-0.25, -0.2) is 0 Å². The minimum absolute atomic E-state index is 0.0662. The second-order valence-corrected chi connectivity index (χ2v) is 5.76. The van der Waals surface area contributed by atoms with E-state index in [-0.39, 0.29) is 5.41 Å². The highest BCUT2D eigenvalue weighted by molar-refractivity contribution is 5.67. The Hall–Kier alpha value is -1.31. The predicted molar refractivity (Wildman–Crippen MR) is 72.7 cm³/mol. The lowest BCUT2D eigenvalue weighted by atomic mass is 9.77. The van der Waals surface area contributed by atoms with Gasteiger partial charge < -0.3 is 5.11 Å². The summed E-state index contributed by atoms with van der Waals surface area (Å²) in [5, 5.41) is 9.07. The van der Waals surface area contributed by atoms with Gasteiger partial charge in [-0.2, -0.15) is 0 Å². The molecule has 1 fully saturated rings. The highest BCUT2D eigenvalue weighted by Crippen LogP contribution is 2.44. The number of hydrogen-bond acceptors (Lipinski definition) is 1. The Balaban J connectivity index is 1.97. The molecule has 2 heteroatoms. The van der Waals surface area contributed by atoms with Crippen molar-refractivity contribution in [1.29, 1.82) is 0 Å². The molecule has 1 N–H and O–H groups in total. The third kappa shape index (κ3) is 3.34. The van der Waals surface area contributed by atoms with Crippen molar-refractivity contribution in [2.45, 2.75) is 51.9 Å². The summed E-state index contributed by atoms with van der Waals surface area (Å²) in [6, 6.07) is 8.60. The molecule has 1 aliphatic rings. The molecule has 18 heavy (non-hydrogen) atoms. The Morgan fingerprint density at radius 2 is 1.83 bits per heavy atom. The quantitative estimate of drug-likeness (QED) is 0.853. The average molecular weight is 246 g/mol. The molecule has 0 spiro atoms. The molecule has 0 heterocycles.